The third-order valence-corrected chi connectivity index (χ3v) is 3.17. The molecule has 3 nitrogen and oxygen atoms in total. The first-order chi connectivity index (χ1) is 7.71. The molecule has 0 saturated carbocycles. The van der Waals surface area contributed by atoms with Gasteiger partial charge in [-0.05, 0) is 30.4 Å². The Bertz CT molecular complexity index is 375. The molecule has 0 aromatic heterocycles. The first-order valence-electron chi connectivity index (χ1n) is 5.23. The summed E-state index contributed by atoms with van der Waals surface area (Å²) in [5.41, 5.74) is 2.60. The van der Waals surface area contributed by atoms with Gasteiger partial charge in [-0.15, -0.1) is 11.8 Å². The lowest BCUT2D eigenvalue weighted by Gasteiger charge is -2.11. The molecule has 0 saturated heterocycles. The van der Waals surface area contributed by atoms with E-state index in [1.807, 2.05) is 7.05 Å². The Hall–Kier alpha value is -1.16. The molecule has 0 fully saturated rings. The van der Waals surface area contributed by atoms with Crippen LogP contribution in [0.4, 0.5) is 0 Å². The minimum Gasteiger partial charge on any atom is -0.359 e. The number of aliphatic imine (C=N–C) groups is 1. The van der Waals surface area contributed by atoms with Crippen LogP contribution in [-0.2, 0) is 6.54 Å². The third kappa shape index (κ3) is 3.45. The van der Waals surface area contributed by atoms with Gasteiger partial charge in [0.1, 0.15) is 0 Å². The van der Waals surface area contributed by atoms with E-state index < -0.39 is 0 Å². The van der Waals surface area contributed by atoms with Crippen molar-refractivity contribution in [3.63, 3.8) is 0 Å². The largest absolute Gasteiger partial charge is 0.359 e. The molecule has 2 N–H and O–H groups in total. The summed E-state index contributed by atoms with van der Waals surface area (Å²) in [7, 11) is 3.63. The van der Waals surface area contributed by atoms with Crippen molar-refractivity contribution >= 4 is 17.7 Å². The fourth-order valence-corrected chi connectivity index (χ4v) is 2.16. The van der Waals surface area contributed by atoms with Gasteiger partial charge in [-0.2, -0.15) is 0 Å². The summed E-state index contributed by atoms with van der Waals surface area (Å²) in [6, 6.07) is 6.51. The van der Waals surface area contributed by atoms with E-state index in [0.717, 1.165) is 12.5 Å². The summed E-state index contributed by atoms with van der Waals surface area (Å²) < 4.78 is 0. The second-order valence-electron chi connectivity index (χ2n) is 3.49. The summed E-state index contributed by atoms with van der Waals surface area (Å²) in [4.78, 5) is 5.40. The molecular formula is C12H19N3S. The predicted molar refractivity (Wildman–Crippen MR) is 72.2 cm³/mol. The fourth-order valence-electron chi connectivity index (χ4n) is 1.46. The van der Waals surface area contributed by atoms with Gasteiger partial charge in [0.15, 0.2) is 5.96 Å². The second-order valence-corrected chi connectivity index (χ2v) is 4.34. The van der Waals surface area contributed by atoms with Crippen LogP contribution in [0.1, 0.15) is 11.1 Å². The van der Waals surface area contributed by atoms with Crippen molar-refractivity contribution < 1.29 is 0 Å². The number of rotatable bonds is 3. The predicted octanol–water partition coefficient (Wildman–Crippen LogP) is 2.01. The number of benzene rings is 1. The van der Waals surface area contributed by atoms with E-state index in [1.54, 1.807) is 18.8 Å². The van der Waals surface area contributed by atoms with E-state index in [9.17, 15) is 0 Å². The molecule has 0 bridgehead atoms. The van der Waals surface area contributed by atoms with Crippen LogP contribution in [0.2, 0.25) is 0 Å². The average Bonchev–Trinajstić information content (AvgIpc) is 2.31. The van der Waals surface area contributed by atoms with Crippen molar-refractivity contribution in [2.45, 2.75) is 18.4 Å². The first-order valence-corrected chi connectivity index (χ1v) is 6.45. The van der Waals surface area contributed by atoms with E-state index in [-0.39, 0.29) is 0 Å². The molecule has 0 aliphatic rings. The van der Waals surface area contributed by atoms with Crippen LogP contribution in [0.5, 0.6) is 0 Å². The first kappa shape index (κ1) is 12.9. The lowest BCUT2D eigenvalue weighted by atomic mass is 10.1. The van der Waals surface area contributed by atoms with Crippen LogP contribution in [-0.4, -0.2) is 26.3 Å². The molecule has 0 aliphatic carbocycles. The highest BCUT2D eigenvalue weighted by atomic mass is 32.2. The summed E-state index contributed by atoms with van der Waals surface area (Å²) in [6.45, 7) is 2.91. The Labute approximate surface area is 102 Å². The Balaban J connectivity index is 2.73. The topological polar surface area (TPSA) is 36.4 Å². The number of aryl methyl sites for hydroxylation is 1. The third-order valence-electron chi connectivity index (χ3n) is 2.35. The maximum absolute atomic E-state index is 4.08. The Morgan fingerprint density at radius 1 is 1.44 bits per heavy atom. The molecule has 0 atom stereocenters. The quantitative estimate of drug-likeness (QED) is 0.480. The summed E-state index contributed by atoms with van der Waals surface area (Å²) >= 11 is 1.78. The van der Waals surface area contributed by atoms with Crippen LogP contribution in [0.15, 0.2) is 28.1 Å². The van der Waals surface area contributed by atoms with Gasteiger partial charge in [-0.25, -0.2) is 0 Å². The molecule has 0 unspecified atom stereocenters. The molecule has 0 heterocycles. The van der Waals surface area contributed by atoms with E-state index >= 15 is 0 Å². The van der Waals surface area contributed by atoms with Crippen molar-refractivity contribution in [2.75, 3.05) is 20.4 Å². The Morgan fingerprint density at radius 2 is 2.19 bits per heavy atom. The van der Waals surface area contributed by atoms with E-state index in [2.05, 4.69) is 47.0 Å². The fraction of sp³-hybridized carbons (Fsp3) is 0.417. The molecule has 1 aromatic carbocycles. The minimum atomic E-state index is 0.796. The van der Waals surface area contributed by atoms with E-state index in [0.29, 0.717) is 0 Å². The molecule has 0 amide bonds. The van der Waals surface area contributed by atoms with Gasteiger partial charge in [0, 0.05) is 25.5 Å². The SMILES string of the molecule is CN=C(NC)NCc1ccc(C)cc1SC. The van der Waals surface area contributed by atoms with Gasteiger partial charge in [0.25, 0.3) is 0 Å². The average molecular weight is 237 g/mol. The Kier molecular flexibility index (Phi) is 5.19. The molecule has 0 radical (unpaired) electrons. The van der Waals surface area contributed by atoms with Crippen molar-refractivity contribution in [3.8, 4) is 0 Å². The van der Waals surface area contributed by atoms with Crippen molar-refractivity contribution in [1.29, 1.82) is 0 Å². The normalized spacial score (nSPS) is 11.4. The molecule has 1 rings (SSSR count). The minimum absolute atomic E-state index is 0.796. The van der Waals surface area contributed by atoms with Gasteiger partial charge in [-0.3, -0.25) is 4.99 Å². The summed E-state index contributed by atoms with van der Waals surface area (Å²) in [5, 5.41) is 6.26. The van der Waals surface area contributed by atoms with Crippen LogP contribution >= 0.6 is 11.8 Å². The smallest absolute Gasteiger partial charge is 0.190 e. The number of thioether (sulfide) groups is 1. The maximum Gasteiger partial charge on any atom is 0.190 e. The number of nitrogens with zero attached hydrogens (tertiary/aromatic N) is 1. The number of nitrogens with one attached hydrogen (secondary N) is 2. The summed E-state index contributed by atoms with van der Waals surface area (Å²) in [5.74, 6) is 0.813. The molecule has 1 aromatic rings. The molecular weight excluding hydrogens is 218 g/mol. The monoisotopic (exact) mass is 237 g/mol. The molecule has 4 heteroatoms. The molecule has 0 spiro atoms. The molecule has 0 aliphatic heterocycles. The molecule has 88 valence electrons. The highest BCUT2D eigenvalue weighted by molar-refractivity contribution is 7.98. The van der Waals surface area contributed by atoms with Crippen LogP contribution < -0.4 is 10.6 Å². The highest BCUT2D eigenvalue weighted by Gasteiger charge is 2.02. The number of guanidine groups is 1. The second kappa shape index (κ2) is 6.43. The van der Waals surface area contributed by atoms with Crippen molar-refractivity contribution in [1.82, 2.24) is 10.6 Å². The number of hydrogen-bond donors (Lipinski definition) is 2. The Morgan fingerprint density at radius 3 is 2.75 bits per heavy atom. The van der Waals surface area contributed by atoms with Gasteiger partial charge in [0.2, 0.25) is 0 Å². The van der Waals surface area contributed by atoms with Crippen LogP contribution in [0.25, 0.3) is 0 Å². The molecule has 16 heavy (non-hydrogen) atoms. The van der Waals surface area contributed by atoms with E-state index in [1.165, 1.54) is 16.0 Å². The van der Waals surface area contributed by atoms with Crippen molar-refractivity contribution in [3.05, 3.63) is 29.3 Å². The van der Waals surface area contributed by atoms with Crippen molar-refractivity contribution in [2.24, 2.45) is 4.99 Å². The van der Waals surface area contributed by atoms with Gasteiger partial charge < -0.3 is 10.6 Å². The lowest BCUT2D eigenvalue weighted by Crippen LogP contribution is -2.34. The van der Waals surface area contributed by atoms with Gasteiger partial charge in [-0.1, -0.05) is 12.1 Å². The highest BCUT2D eigenvalue weighted by Crippen LogP contribution is 2.21. The zero-order chi connectivity index (χ0) is 12.0. The maximum atomic E-state index is 4.08. The zero-order valence-electron chi connectivity index (χ0n) is 10.3. The van der Waals surface area contributed by atoms with Crippen LogP contribution in [0.3, 0.4) is 0 Å². The van der Waals surface area contributed by atoms with Gasteiger partial charge >= 0.3 is 0 Å². The van der Waals surface area contributed by atoms with E-state index in [4.69, 9.17) is 0 Å². The zero-order valence-corrected chi connectivity index (χ0v) is 11.1. The van der Waals surface area contributed by atoms with Gasteiger partial charge in [0.05, 0.1) is 0 Å². The van der Waals surface area contributed by atoms with Crippen LogP contribution in [0, 0.1) is 6.92 Å². The lowest BCUT2D eigenvalue weighted by molar-refractivity contribution is 0.850. The number of hydrogen-bond acceptors (Lipinski definition) is 2. The standard InChI is InChI=1S/C12H19N3S/c1-9-5-6-10(11(7-9)16-4)8-15-12(13-2)14-3/h5-7H,8H2,1-4H3,(H2,13,14,15). The summed E-state index contributed by atoms with van der Waals surface area (Å²) in [6.07, 6.45) is 2.10.